The normalized spacial score (nSPS) is 18.5. The number of anilines is 1. The number of halogens is 1. The minimum atomic E-state index is -0.195. The first-order valence-corrected chi connectivity index (χ1v) is 11.9. The van der Waals surface area contributed by atoms with E-state index in [1.54, 1.807) is 11.3 Å². The number of fused-ring (bicyclic) bond motifs is 4. The van der Waals surface area contributed by atoms with E-state index in [0.717, 1.165) is 34.5 Å². The van der Waals surface area contributed by atoms with Gasteiger partial charge in [0.2, 0.25) is 0 Å². The van der Waals surface area contributed by atoms with Crippen LogP contribution in [0.5, 0.6) is 11.5 Å². The fourth-order valence-corrected chi connectivity index (χ4v) is 5.99. The lowest BCUT2D eigenvalue weighted by atomic mass is 9.78. The van der Waals surface area contributed by atoms with E-state index in [9.17, 15) is 0 Å². The highest BCUT2D eigenvalue weighted by molar-refractivity contribution is 7.16. The van der Waals surface area contributed by atoms with Gasteiger partial charge in [-0.25, -0.2) is 0 Å². The lowest BCUT2D eigenvalue weighted by Crippen LogP contribution is -2.35. The van der Waals surface area contributed by atoms with Gasteiger partial charge in [0.1, 0.15) is 24.7 Å². The summed E-state index contributed by atoms with van der Waals surface area (Å²) in [5, 5.41) is 0. The number of para-hydroxylation sites is 1. The Morgan fingerprint density at radius 1 is 0.938 bits per heavy atom. The molecule has 1 unspecified atom stereocenters. The molecule has 0 N–H and O–H groups in total. The molecule has 1 atom stereocenters. The van der Waals surface area contributed by atoms with Crippen LogP contribution in [0, 0.1) is 0 Å². The highest BCUT2D eigenvalue weighted by Crippen LogP contribution is 2.52. The van der Waals surface area contributed by atoms with Crippen LogP contribution < -0.4 is 14.4 Å². The zero-order valence-corrected chi connectivity index (χ0v) is 19.0. The second kappa shape index (κ2) is 7.88. The molecule has 32 heavy (non-hydrogen) atoms. The van der Waals surface area contributed by atoms with Crippen molar-refractivity contribution in [1.29, 1.82) is 0 Å². The first-order chi connectivity index (χ1) is 15.7. The minimum absolute atomic E-state index is 0.195. The predicted octanol–water partition coefficient (Wildman–Crippen LogP) is 6.68. The van der Waals surface area contributed by atoms with E-state index in [-0.39, 0.29) is 5.41 Å². The number of thiophene rings is 1. The molecular formula is C27H22ClNO2S. The molecule has 3 aromatic carbocycles. The van der Waals surface area contributed by atoms with Crippen molar-refractivity contribution in [2.24, 2.45) is 0 Å². The van der Waals surface area contributed by atoms with E-state index in [4.69, 9.17) is 21.1 Å². The summed E-state index contributed by atoms with van der Waals surface area (Å²) >= 11 is 7.84. The van der Waals surface area contributed by atoms with Crippen molar-refractivity contribution >= 4 is 28.6 Å². The summed E-state index contributed by atoms with van der Waals surface area (Å²) in [6.07, 6.45) is 0. The number of rotatable bonds is 5. The fourth-order valence-electron chi connectivity index (χ4n) is 4.89. The summed E-state index contributed by atoms with van der Waals surface area (Å²) in [4.78, 5) is 3.72. The maximum atomic E-state index is 6.21. The molecule has 0 saturated carbocycles. The second-order valence-corrected chi connectivity index (χ2v) is 10.2. The number of hydrogen-bond donors (Lipinski definition) is 0. The maximum absolute atomic E-state index is 6.21. The van der Waals surface area contributed by atoms with Gasteiger partial charge in [-0.15, -0.1) is 11.3 Å². The van der Waals surface area contributed by atoms with Crippen molar-refractivity contribution in [2.45, 2.75) is 18.6 Å². The third-order valence-electron chi connectivity index (χ3n) is 6.39. The molecule has 5 heteroatoms. The summed E-state index contributed by atoms with van der Waals surface area (Å²) < 4.78 is 13.2. The third kappa shape index (κ3) is 3.35. The number of hydrogen-bond acceptors (Lipinski definition) is 4. The highest BCUT2D eigenvalue weighted by Gasteiger charge is 2.49. The van der Waals surface area contributed by atoms with Crippen LogP contribution in [-0.2, 0) is 18.6 Å². The molecule has 1 aromatic heterocycles. The Morgan fingerprint density at radius 2 is 1.78 bits per heavy atom. The van der Waals surface area contributed by atoms with Gasteiger partial charge in [0.15, 0.2) is 0 Å². The summed E-state index contributed by atoms with van der Waals surface area (Å²) in [6, 6.07) is 29.3. The van der Waals surface area contributed by atoms with Crippen LogP contribution in [0.15, 0.2) is 84.9 Å². The first kappa shape index (κ1) is 19.7. The van der Waals surface area contributed by atoms with Gasteiger partial charge in [-0.2, -0.15) is 0 Å². The predicted molar refractivity (Wildman–Crippen MR) is 130 cm³/mol. The molecule has 6 rings (SSSR count). The summed E-state index contributed by atoms with van der Waals surface area (Å²) in [5.41, 5.74) is 4.76. The maximum Gasteiger partial charge on any atom is 0.123 e. The Morgan fingerprint density at radius 3 is 2.62 bits per heavy atom. The molecule has 3 heterocycles. The third-order valence-corrected chi connectivity index (χ3v) is 7.60. The van der Waals surface area contributed by atoms with Crippen LogP contribution in [0.25, 0.3) is 0 Å². The van der Waals surface area contributed by atoms with Gasteiger partial charge in [0, 0.05) is 22.7 Å². The number of ether oxygens (including phenoxy) is 2. The molecule has 2 aliphatic heterocycles. The van der Waals surface area contributed by atoms with Crippen molar-refractivity contribution in [3.63, 3.8) is 0 Å². The fraction of sp³-hybridized carbons (Fsp3) is 0.185. The zero-order valence-electron chi connectivity index (χ0n) is 17.5. The lowest BCUT2D eigenvalue weighted by Gasteiger charge is -2.25. The van der Waals surface area contributed by atoms with Crippen LogP contribution in [0.4, 0.5) is 5.69 Å². The van der Waals surface area contributed by atoms with E-state index in [1.165, 1.54) is 21.7 Å². The second-order valence-electron chi connectivity index (χ2n) is 8.38. The molecule has 0 aliphatic carbocycles. The molecule has 0 fully saturated rings. The molecule has 160 valence electrons. The monoisotopic (exact) mass is 459 g/mol. The van der Waals surface area contributed by atoms with E-state index in [1.807, 2.05) is 30.3 Å². The Hall–Kier alpha value is -2.95. The van der Waals surface area contributed by atoms with Crippen LogP contribution in [0.1, 0.15) is 21.6 Å². The smallest absolute Gasteiger partial charge is 0.123 e. The Balaban J connectivity index is 1.33. The lowest BCUT2D eigenvalue weighted by molar-refractivity contribution is 0.299. The number of benzene rings is 3. The number of nitrogens with zero attached hydrogens (tertiary/aromatic N) is 1. The zero-order chi connectivity index (χ0) is 21.5. The van der Waals surface area contributed by atoms with Gasteiger partial charge in [0.05, 0.1) is 16.3 Å². The highest BCUT2D eigenvalue weighted by atomic mass is 35.5. The van der Waals surface area contributed by atoms with E-state index in [0.29, 0.717) is 13.2 Å². The standard InChI is InChI=1S/C27H22ClNO2S/c28-26-13-11-21(32-26)15-29-17-27(22-8-4-5-9-24(22)29)18-31-25-12-10-20(14-23(25)27)30-16-19-6-2-1-3-7-19/h1-14H,15-18H2. The Labute approximate surface area is 196 Å². The van der Waals surface area contributed by atoms with Crippen LogP contribution in [0.3, 0.4) is 0 Å². The van der Waals surface area contributed by atoms with Gasteiger partial charge >= 0.3 is 0 Å². The average molecular weight is 460 g/mol. The summed E-state index contributed by atoms with van der Waals surface area (Å²) in [6.45, 7) is 2.91. The topological polar surface area (TPSA) is 21.7 Å². The largest absolute Gasteiger partial charge is 0.492 e. The SMILES string of the molecule is Clc1ccc(CN2CC3(COc4ccc(OCc5ccccc5)cc43)c3ccccc32)s1. The molecule has 3 nitrogen and oxygen atoms in total. The van der Waals surface area contributed by atoms with Crippen LogP contribution in [-0.4, -0.2) is 13.2 Å². The first-order valence-electron chi connectivity index (χ1n) is 10.7. The van der Waals surface area contributed by atoms with E-state index in [2.05, 4.69) is 59.5 Å². The molecule has 1 spiro atoms. The van der Waals surface area contributed by atoms with E-state index < -0.39 is 0 Å². The molecule has 2 aliphatic rings. The Bertz CT molecular complexity index is 1270. The van der Waals surface area contributed by atoms with Crippen molar-refractivity contribution in [3.8, 4) is 11.5 Å². The van der Waals surface area contributed by atoms with Crippen molar-refractivity contribution in [1.82, 2.24) is 0 Å². The minimum Gasteiger partial charge on any atom is -0.492 e. The van der Waals surface area contributed by atoms with Gasteiger partial charge < -0.3 is 14.4 Å². The van der Waals surface area contributed by atoms with Gasteiger partial charge in [-0.05, 0) is 47.5 Å². The van der Waals surface area contributed by atoms with Crippen molar-refractivity contribution in [3.05, 3.63) is 111 Å². The van der Waals surface area contributed by atoms with Crippen molar-refractivity contribution in [2.75, 3.05) is 18.1 Å². The molecular weight excluding hydrogens is 438 g/mol. The van der Waals surface area contributed by atoms with Crippen LogP contribution in [0.2, 0.25) is 4.34 Å². The quantitative estimate of drug-likeness (QED) is 0.332. The molecule has 0 saturated heterocycles. The summed E-state index contributed by atoms with van der Waals surface area (Å²) in [5.74, 6) is 1.83. The van der Waals surface area contributed by atoms with E-state index >= 15 is 0 Å². The molecule has 0 radical (unpaired) electrons. The summed E-state index contributed by atoms with van der Waals surface area (Å²) in [7, 11) is 0. The van der Waals surface area contributed by atoms with Crippen LogP contribution >= 0.6 is 22.9 Å². The van der Waals surface area contributed by atoms with Crippen molar-refractivity contribution < 1.29 is 9.47 Å². The van der Waals surface area contributed by atoms with Gasteiger partial charge in [0.25, 0.3) is 0 Å². The molecule has 4 aromatic rings. The Kier molecular flexibility index (Phi) is 4.85. The molecule has 0 amide bonds. The average Bonchev–Trinajstić information content (AvgIpc) is 3.50. The molecule has 0 bridgehead atoms. The van der Waals surface area contributed by atoms with Gasteiger partial charge in [-0.1, -0.05) is 60.1 Å². The van der Waals surface area contributed by atoms with Gasteiger partial charge in [-0.3, -0.25) is 0 Å².